The Balaban J connectivity index is 1.86. The van der Waals surface area contributed by atoms with Crippen molar-refractivity contribution >= 4 is 5.97 Å². The van der Waals surface area contributed by atoms with Gasteiger partial charge in [-0.2, -0.15) is 0 Å². The molecule has 1 atom stereocenters. The third kappa shape index (κ3) is 4.51. The first-order valence-electron chi connectivity index (χ1n) is 6.94. The van der Waals surface area contributed by atoms with Crippen molar-refractivity contribution in [2.45, 2.75) is 19.4 Å². The van der Waals surface area contributed by atoms with Gasteiger partial charge in [0.05, 0.1) is 6.61 Å². The van der Waals surface area contributed by atoms with Crippen LogP contribution in [0.25, 0.3) is 0 Å². The van der Waals surface area contributed by atoms with Gasteiger partial charge in [-0.1, -0.05) is 12.1 Å². The van der Waals surface area contributed by atoms with Gasteiger partial charge >= 0.3 is 5.97 Å². The van der Waals surface area contributed by atoms with E-state index in [1.54, 1.807) is 0 Å². The zero-order valence-electron chi connectivity index (χ0n) is 11.5. The molecule has 0 aromatic heterocycles. The number of hydrogen-bond acceptors (Lipinski definition) is 4. The SMILES string of the molecule is O=C(O)C[C@H]1CCN(Cc2cccc(OCCO)c2)C1. The van der Waals surface area contributed by atoms with Crippen LogP contribution in [0.4, 0.5) is 0 Å². The molecular weight excluding hydrogens is 258 g/mol. The smallest absolute Gasteiger partial charge is 0.303 e. The number of hydrogen-bond donors (Lipinski definition) is 2. The first-order chi connectivity index (χ1) is 9.67. The van der Waals surface area contributed by atoms with E-state index in [1.165, 1.54) is 0 Å². The minimum Gasteiger partial charge on any atom is -0.491 e. The van der Waals surface area contributed by atoms with Crippen molar-refractivity contribution in [3.05, 3.63) is 29.8 Å². The number of rotatable bonds is 7. The average molecular weight is 279 g/mol. The van der Waals surface area contributed by atoms with Crippen LogP contribution in [0.2, 0.25) is 0 Å². The van der Waals surface area contributed by atoms with Gasteiger partial charge in [0.1, 0.15) is 12.4 Å². The fourth-order valence-electron chi connectivity index (χ4n) is 2.63. The van der Waals surface area contributed by atoms with E-state index in [1.807, 2.05) is 24.3 Å². The highest BCUT2D eigenvalue weighted by Gasteiger charge is 2.24. The molecule has 1 aromatic rings. The van der Waals surface area contributed by atoms with Crippen molar-refractivity contribution in [1.29, 1.82) is 0 Å². The molecule has 0 saturated carbocycles. The monoisotopic (exact) mass is 279 g/mol. The first-order valence-corrected chi connectivity index (χ1v) is 6.94. The lowest BCUT2D eigenvalue weighted by molar-refractivity contribution is -0.138. The van der Waals surface area contributed by atoms with Gasteiger partial charge in [0.2, 0.25) is 0 Å². The summed E-state index contributed by atoms with van der Waals surface area (Å²) in [6.45, 7) is 2.90. The van der Waals surface area contributed by atoms with Crippen LogP contribution in [0.1, 0.15) is 18.4 Å². The normalized spacial score (nSPS) is 19.1. The van der Waals surface area contributed by atoms with Gasteiger partial charge < -0.3 is 14.9 Å². The van der Waals surface area contributed by atoms with E-state index >= 15 is 0 Å². The Hall–Kier alpha value is -1.59. The molecule has 1 heterocycles. The Morgan fingerprint density at radius 3 is 3.05 bits per heavy atom. The molecule has 0 unspecified atom stereocenters. The molecule has 0 bridgehead atoms. The molecule has 1 saturated heterocycles. The fourth-order valence-corrected chi connectivity index (χ4v) is 2.63. The molecule has 0 amide bonds. The highest BCUT2D eigenvalue weighted by atomic mass is 16.5. The quantitative estimate of drug-likeness (QED) is 0.788. The minimum absolute atomic E-state index is 0.00716. The summed E-state index contributed by atoms with van der Waals surface area (Å²) in [5, 5.41) is 17.6. The molecule has 1 fully saturated rings. The summed E-state index contributed by atoms with van der Waals surface area (Å²) >= 11 is 0. The number of aliphatic carboxylic acids is 1. The molecule has 2 N–H and O–H groups in total. The average Bonchev–Trinajstić information content (AvgIpc) is 2.83. The predicted octanol–water partition coefficient (Wildman–Crippen LogP) is 1.35. The molecule has 110 valence electrons. The number of aliphatic hydroxyl groups excluding tert-OH is 1. The number of carboxylic acids is 1. The Morgan fingerprint density at radius 2 is 2.30 bits per heavy atom. The topological polar surface area (TPSA) is 70.0 Å². The van der Waals surface area contributed by atoms with Gasteiger partial charge in [-0.05, 0) is 36.6 Å². The molecule has 5 nitrogen and oxygen atoms in total. The molecule has 1 aromatic carbocycles. The number of ether oxygens (including phenoxy) is 1. The number of carbonyl (C=O) groups is 1. The van der Waals surface area contributed by atoms with Gasteiger partial charge in [0, 0.05) is 19.5 Å². The van der Waals surface area contributed by atoms with Gasteiger partial charge in [0.25, 0.3) is 0 Å². The van der Waals surface area contributed by atoms with E-state index in [9.17, 15) is 4.79 Å². The molecule has 0 radical (unpaired) electrons. The highest BCUT2D eigenvalue weighted by molar-refractivity contribution is 5.67. The molecule has 5 heteroatoms. The molecule has 1 aliphatic rings. The Labute approximate surface area is 118 Å². The van der Waals surface area contributed by atoms with E-state index < -0.39 is 5.97 Å². The number of aliphatic hydroxyl groups is 1. The van der Waals surface area contributed by atoms with Crippen molar-refractivity contribution in [1.82, 2.24) is 4.90 Å². The van der Waals surface area contributed by atoms with Crippen LogP contribution < -0.4 is 4.74 Å². The van der Waals surface area contributed by atoms with Crippen LogP contribution in [0.3, 0.4) is 0 Å². The van der Waals surface area contributed by atoms with E-state index in [4.69, 9.17) is 14.9 Å². The lowest BCUT2D eigenvalue weighted by Crippen LogP contribution is -2.20. The Morgan fingerprint density at radius 1 is 1.45 bits per heavy atom. The maximum Gasteiger partial charge on any atom is 0.303 e. The maximum atomic E-state index is 10.7. The maximum absolute atomic E-state index is 10.7. The van der Waals surface area contributed by atoms with Gasteiger partial charge in [-0.3, -0.25) is 9.69 Å². The second-order valence-electron chi connectivity index (χ2n) is 5.21. The van der Waals surface area contributed by atoms with Crippen molar-refractivity contribution in [3.8, 4) is 5.75 Å². The molecule has 1 aliphatic heterocycles. The second-order valence-corrected chi connectivity index (χ2v) is 5.21. The number of likely N-dealkylation sites (tertiary alicyclic amines) is 1. The summed E-state index contributed by atoms with van der Waals surface area (Å²) in [6.07, 6.45) is 1.21. The number of benzene rings is 1. The number of carboxylic acid groups (broad SMARTS) is 1. The highest BCUT2D eigenvalue weighted by Crippen LogP contribution is 2.22. The zero-order chi connectivity index (χ0) is 14.4. The van der Waals surface area contributed by atoms with Crippen LogP contribution in [0.5, 0.6) is 5.75 Å². The largest absolute Gasteiger partial charge is 0.491 e. The van der Waals surface area contributed by atoms with E-state index in [-0.39, 0.29) is 18.9 Å². The lowest BCUT2D eigenvalue weighted by Gasteiger charge is -2.16. The van der Waals surface area contributed by atoms with Crippen LogP contribution >= 0.6 is 0 Å². The Bertz CT molecular complexity index is 449. The van der Waals surface area contributed by atoms with Gasteiger partial charge in [0.15, 0.2) is 0 Å². The summed E-state index contributed by atoms with van der Waals surface area (Å²) in [4.78, 5) is 13.0. The van der Waals surface area contributed by atoms with E-state index in [0.29, 0.717) is 6.61 Å². The lowest BCUT2D eigenvalue weighted by atomic mass is 10.1. The van der Waals surface area contributed by atoms with Crippen LogP contribution in [-0.4, -0.2) is 47.4 Å². The Kier molecular flexibility index (Phi) is 5.38. The second kappa shape index (κ2) is 7.26. The van der Waals surface area contributed by atoms with Gasteiger partial charge in [-0.25, -0.2) is 0 Å². The summed E-state index contributed by atoms with van der Waals surface area (Å²) in [6, 6.07) is 7.82. The molecular formula is C15H21NO4. The molecule has 20 heavy (non-hydrogen) atoms. The molecule has 2 rings (SSSR count). The van der Waals surface area contributed by atoms with E-state index in [0.717, 1.165) is 37.4 Å². The minimum atomic E-state index is -0.712. The van der Waals surface area contributed by atoms with Crippen molar-refractivity contribution in [3.63, 3.8) is 0 Å². The van der Waals surface area contributed by atoms with Crippen LogP contribution in [0, 0.1) is 5.92 Å². The number of nitrogens with zero attached hydrogens (tertiary/aromatic N) is 1. The first kappa shape index (κ1) is 14.8. The standard InChI is InChI=1S/C15H21NO4/c17-6-7-20-14-3-1-2-12(8-14)10-16-5-4-13(11-16)9-15(18)19/h1-3,8,13,17H,4-7,9-11H2,(H,18,19)/t13-/m1/s1. The third-order valence-corrected chi connectivity index (χ3v) is 3.50. The zero-order valence-corrected chi connectivity index (χ0v) is 11.5. The van der Waals surface area contributed by atoms with Crippen LogP contribution in [-0.2, 0) is 11.3 Å². The summed E-state index contributed by atoms with van der Waals surface area (Å²) < 4.78 is 5.39. The third-order valence-electron chi connectivity index (χ3n) is 3.50. The van der Waals surface area contributed by atoms with Crippen molar-refractivity contribution < 1.29 is 19.7 Å². The molecule has 0 spiro atoms. The van der Waals surface area contributed by atoms with E-state index in [2.05, 4.69) is 4.90 Å². The summed E-state index contributed by atoms with van der Waals surface area (Å²) in [5.74, 6) is 0.315. The summed E-state index contributed by atoms with van der Waals surface area (Å²) in [7, 11) is 0. The molecule has 0 aliphatic carbocycles. The van der Waals surface area contributed by atoms with Gasteiger partial charge in [-0.15, -0.1) is 0 Å². The predicted molar refractivity (Wildman–Crippen MR) is 74.7 cm³/mol. The fraction of sp³-hybridized carbons (Fsp3) is 0.533. The van der Waals surface area contributed by atoms with Crippen molar-refractivity contribution in [2.24, 2.45) is 5.92 Å². The summed E-state index contributed by atoms with van der Waals surface area (Å²) in [5.41, 5.74) is 1.15. The van der Waals surface area contributed by atoms with Crippen molar-refractivity contribution in [2.75, 3.05) is 26.3 Å². The van der Waals surface area contributed by atoms with Crippen LogP contribution in [0.15, 0.2) is 24.3 Å².